The normalized spacial score (nSPS) is 10.5. The Morgan fingerprint density at radius 2 is 1.92 bits per heavy atom. The number of fused-ring (bicyclic) bond motifs is 1. The molecule has 1 N–H and O–H groups in total. The first-order chi connectivity index (χ1) is 11.6. The molecule has 0 aliphatic heterocycles. The number of aromatic nitrogens is 1. The molecule has 5 nitrogen and oxygen atoms in total. The zero-order valence-corrected chi connectivity index (χ0v) is 13.9. The summed E-state index contributed by atoms with van der Waals surface area (Å²) in [5.74, 6) is -0.487. The lowest BCUT2D eigenvalue weighted by atomic mass is 10.1. The van der Waals surface area contributed by atoms with E-state index in [4.69, 9.17) is 0 Å². The SMILES string of the molecule is COC(=O)Cc1csc(NC(=O)Cc2ccc3ccccc3c2)n1. The molecule has 1 heterocycles. The van der Waals surface area contributed by atoms with E-state index in [1.54, 1.807) is 5.38 Å². The Bertz CT molecular complexity index is 889. The maximum absolute atomic E-state index is 12.2. The fraction of sp³-hybridized carbons (Fsp3) is 0.167. The third-order valence-electron chi connectivity index (χ3n) is 3.53. The molecular formula is C18H16N2O3S. The molecule has 0 radical (unpaired) electrons. The number of rotatable bonds is 5. The van der Waals surface area contributed by atoms with Gasteiger partial charge < -0.3 is 10.1 Å². The number of anilines is 1. The van der Waals surface area contributed by atoms with Gasteiger partial charge in [0.25, 0.3) is 0 Å². The van der Waals surface area contributed by atoms with Gasteiger partial charge >= 0.3 is 5.97 Å². The van der Waals surface area contributed by atoms with E-state index in [1.165, 1.54) is 18.4 Å². The molecule has 0 saturated heterocycles. The van der Waals surface area contributed by atoms with E-state index in [0.717, 1.165) is 16.3 Å². The van der Waals surface area contributed by atoms with Crippen molar-refractivity contribution in [2.75, 3.05) is 12.4 Å². The minimum atomic E-state index is -0.352. The largest absolute Gasteiger partial charge is 0.469 e. The molecule has 0 aliphatic carbocycles. The summed E-state index contributed by atoms with van der Waals surface area (Å²) >= 11 is 1.29. The third kappa shape index (κ3) is 3.97. The Hall–Kier alpha value is -2.73. The van der Waals surface area contributed by atoms with Crippen LogP contribution in [-0.4, -0.2) is 24.0 Å². The van der Waals surface area contributed by atoms with Crippen LogP contribution in [0, 0.1) is 0 Å². The lowest BCUT2D eigenvalue weighted by Gasteiger charge is -2.04. The van der Waals surface area contributed by atoms with E-state index in [9.17, 15) is 9.59 Å². The van der Waals surface area contributed by atoms with Crippen LogP contribution in [0.1, 0.15) is 11.3 Å². The molecule has 3 aromatic rings. The molecule has 2 aromatic carbocycles. The van der Waals surface area contributed by atoms with Crippen LogP contribution in [0.5, 0.6) is 0 Å². The minimum Gasteiger partial charge on any atom is -0.469 e. The van der Waals surface area contributed by atoms with Crippen molar-refractivity contribution in [2.45, 2.75) is 12.8 Å². The standard InChI is InChI=1S/C18H16N2O3S/c1-23-17(22)10-15-11-24-18(19-15)20-16(21)9-12-6-7-13-4-2-3-5-14(13)8-12/h2-8,11H,9-10H2,1H3,(H,19,20,21). The van der Waals surface area contributed by atoms with Crippen molar-refractivity contribution in [1.82, 2.24) is 4.98 Å². The number of hydrogen-bond acceptors (Lipinski definition) is 5. The van der Waals surface area contributed by atoms with Crippen molar-refractivity contribution in [3.63, 3.8) is 0 Å². The van der Waals surface area contributed by atoms with Gasteiger partial charge in [0.2, 0.25) is 5.91 Å². The fourth-order valence-electron chi connectivity index (χ4n) is 2.36. The average Bonchev–Trinajstić information content (AvgIpc) is 3.01. The van der Waals surface area contributed by atoms with Crippen LogP contribution in [0.2, 0.25) is 0 Å². The summed E-state index contributed by atoms with van der Waals surface area (Å²) < 4.78 is 4.60. The van der Waals surface area contributed by atoms with Gasteiger partial charge in [0.15, 0.2) is 5.13 Å². The zero-order chi connectivity index (χ0) is 16.9. The Morgan fingerprint density at radius 3 is 2.71 bits per heavy atom. The number of ether oxygens (including phenoxy) is 1. The molecule has 0 saturated carbocycles. The Labute approximate surface area is 143 Å². The van der Waals surface area contributed by atoms with Crippen LogP contribution >= 0.6 is 11.3 Å². The number of esters is 1. The first kappa shape index (κ1) is 16.1. The Balaban J connectivity index is 1.63. The van der Waals surface area contributed by atoms with Crippen molar-refractivity contribution >= 4 is 39.1 Å². The highest BCUT2D eigenvalue weighted by atomic mass is 32.1. The van der Waals surface area contributed by atoms with Crippen molar-refractivity contribution in [3.05, 3.63) is 59.1 Å². The number of nitrogens with one attached hydrogen (secondary N) is 1. The molecule has 6 heteroatoms. The Kier molecular flexibility index (Phi) is 4.86. The molecular weight excluding hydrogens is 324 g/mol. The molecule has 122 valence electrons. The van der Waals surface area contributed by atoms with Gasteiger partial charge in [-0.25, -0.2) is 4.98 Å². The van der Waals surface area contributed by atoms with Gasteiger partial charge in [0, 0.05) is 5.38 Å². The highest BCUT2D eigenvalue weighted by molar-refractivity contribution is 7.13. The van der Waals surface area contributed by atoms with E-state index in [-0.39, 0.29) is 24.7 Å². The number of methoxy groups -OCH3 is 1. The molecule has 3 rings (SSSR count). The number of thiazole rings is 1. The first-order valence-electron chi connectivity index (χ1n) is 7.43. The minimum absolute atomic E-state index is 0.105. The highest BCUT2D eigenvalue weighted by Gasteiger charge is 2.10. The van der Waals surface area contributed by atoms with Gasteiger partial charge in [-0.3, -0.25) is 9.59 Å². The lowest BCUT2D eigenvalue weighted by Crippen LogP contribution is -2.14. The number of nitrogens with zero attached hydrogens (tertiary/aromatic N) is 1. The van der Waals surface area contributed by atoms with Gasteiger partial charge in [0.1, 0.15) is 0 Å². The molecule has 24 heavy (non-hydrogen) atoms. The topological polar surface area (TPSA) is 68.3 Å². The maximum atomic E-state index is 12.2. The second-order valence-electron chi connectivity index (χ2n) is 5.30. The molecule has 0 atom stereocenters. The summed E-state index contributed by atoms with van der Waals surface area (Å²) in [6, 6.07) is 14.0. The molecule has 0 unspecified atom stereocenters. The summed E-state index contributed by atoms with van der Waals surface area (Å²) in [6.07, 6.45) is 0.379. The summed E-state index contributed by atoms with van der Waals surface area (Å²) in [5, 5.41) is 7.25. The number of carbonyl (C=O) groups excluding carboxylic acids is 2. The van der Waals surface area contributed by atoms with Gasteiger partial charge in [0.05, 0.1) is 25.6 Å². The predicted molar refractivity (Wildman–Crippen MR) is 94.1 cm³/mol. The smallest absolute Gasteiger partial charge is 0.311 e. The van der Waals surface area contributed by atoms with Crippen LogP contribution in [0.4, 0.5) is 5.13 Å². The van der Waals surface area contributed by atoms with Crippen LogP contribution < -0.4 is 5.32 Å². The molecule has 1 amide bonds. The molecule has 0 fully saturated rings. The van der Waals surface area contributed by atoms with E-state index < -0.39 is 0 Å². The van der Waals surface area contributed by atoms with Crippen molar-refractivity contribution < 1.29 is 14.3 Å². The summed E-state index contributed by atoms with van der Waals surface area (Å²) in [6.45, 7) is 0. The predicted octanol–water partition coefficient (Wildman–Crippen LogP) is 3.19. The summed E-state index contributed by atoms with van der Waals surface area (Å²) in [7, 11) is 1.33. The maximum Gasteiger partial charge on any atom is 0.311 e. The summed E-state index contributed by atoms with van der Waals surface area (Å²) in [5.41, 5.74) is 1.53. The number of amides is 1. The van der Waals surface area contributed by atoms with Gasteiger partial charge in [-0.15, -0.1) is 11.3 Å². The van der Waals surface area contributed by atoms with Crippen molar-refractivity contribution in [3.8, 4) is 0 Å². The third-order valence-corrected chi connectivity index (χ3v) is 4.34. The van der Waals surface area contributed by atoms with Crippen molar-refractivity contribution in [1.29, 1.82) is 0 Å². The van der Waals surface area contributed by atoms with E-state index >= 15 is 0 Å². The number of hydrogen-bond donors (Lipinski definition) is 1. The van der Waals surface area contributed by atoms with E-state index in [0.29, 0.717) is 10.8 Å². The quantitative estimate of drug-likeness (QED) is 0.724. The van der Waals surface area contributed by atoms with Crippen LogP contribution in [0.15, 0.2) is 47.8 Å². The van der Waals surface area contributed by atoms with Crippen molar-refractivity contribution in [2.24, 2.45) is 0 Å². The molecule has 1 aromatic heterocycles. The van der Waals surface area contributed by atoms with E-state index in [2.05, 4.69) is 15.0 Å². The number of carbonyl (C=O) groups is 2. The highest BCUT2D eigenvalue weighted by Crippen LogP contribution is 2.18. The monoisotopic (exact) mass is 340 g/mol. The summed E-state index contributed by atoms with van der Waals surface area (Å²) in [4.78, 5) is 27.6. The van der Waals surface area contributed by atoms with Crippen LogP contribution in [0.3, 0.4) is 0 Å². The van der Waals surface area contributed by atoms with Gasteiger partial charge in [-0.05, 0) is 16.3 Å². The van der Waals surface area contributed by atoms with Crippen LogP contribution in [0.25, 0.3) is 10.8 Å². The number of benzene rings is 2. The van der Waals surface area contributed by atoms with Gasteiger partial charge in [-0.1, -0.05) is 42.5 Å². The molecule has 0 spiro atoms. The van der Waals surface area contributed by atoms with Gasteiger partial charge in [-0.2, -0.15) is 0 Å². The van der Waals surface area contributed by atoms with Crippen LogP contribution in [-0.2, 0) is 27.2 Å². The molecule has 0 bridgehead atoms. The first-order valence-corrected chi connectivity index (χ1v) is 8.31. The molecule has 0 aliphatic rings. The fourth-order valence-corrected chi connectivity index (χ4v) is 3.09. The lowest BCUT2D eigenvalue weighted by molar-refractivity contribution is -0.139. The second kappa shape index (κ2) is 7.23. The second-order valence-corrected chi connectivity index (χ2v) is 6.16. The Morgan fingerprint density at radius 1 is 1.12 bits per heavy atom. The van der Waals surface area contributed by atoms with E-state index in [1.807, 2.05) is 42.5 Å². The zero-order valence-electron chi connectivity index (χ0n) is 13.1. The average molecular weight is 340 g/mol.